The minimum Gasteiger partial charge on any atom is -0.468 e. The molecule has 1 aromatic carbocycles. The number of ketones is 1. The van der Waals surface area contributed by atoms with Crippen molar-refractivity contribution in [3.05, 3.63) is 29.8 Å². The van der Waals surface area contributed by atoms with Crippen molar-refractivity contribution < 1.29 is 14.3 Å². The summed E-state index contributed by atoms with van der Waals surface area (Å²) in [5.74, 6) is 0.211. The van der Waals surface area contributed by atoms with Crippen molar-refractivity contribution in [1.82, 2.24) is 0 Å². The maximum atomic E-state index is 11.2. The van der Waals surface area contributed by atoms with E-state index in [0.29, 0.717) is 12.2 Å². The van der Waals surface area contributed by atoms with Crippen LogP contribution >= 0.6 is 11.8 Å². The van der Waals surface area contributed by atoms with Gasteiger partial charge in [0.1, 0.15) is 11.8 Å². The summed E-state index contributed by atoms with van der Waals surface area (Å²) in [6, 6.07) is 7.03. The van der Waals surface area contributed by atoms with Crippen molar-refractivity contribution >= 4 is 23.5 Å². The van der Waals surface area contributed by atoms with Gasteiger partial charge in [0.25, 0.3) is 0 Å². The topological polar surface area (TPSA) is 69.4 Å². The van der Waals surface area contributed by atoms with E-state index in [1.54, 1.807) is 6.92 Å². The first kappa shape index (κ1) is 14.7. The number of benzene rings is 1. The Balaban J connectivity index is 2.54. The molecule has 5 heteroatoms. The van der Waals surface area contributed by atoms with Gasteiger partial charge in [0.05, 0.1) is 12.9 Å². The number of esters is 1. The molecule has 0 aliphatic heterocycles. The van der Waals surface area contributed by atoms with E-state index < -0.39 is 12.0 Å². The number of carbonyl (C=O) groups is 2. The quantitative estimate of drug-likeness (QED) is 0.623. The molecule has 0 bridgehead atoms. The molecule has 1 aromatic rings. The van der Waals surface area contributed by atoms with E-state index in [-0.39, 0.29) is 5.78 Å². The molecule has 98 valence electrons. The highest BCUT2D eigenvalue weighted by molar-refractivity contribution is 8.00. The Bertz CT molecular complexity index is 417. The van der Waals surface area contributed by atoms with Crippen molar-refractivity contribution in [3.8, 4) is 0 Å². The third-order valence-electron chi connectivity index (χ3n) is 2.32. The Morgan fingerprint density at radius 2 is 1.94 bits per heavy atom. The Hall–Kier alpha value is -1.33. The molecule has 0 amide bonds. The van der Waals surface area contributed by atoms with Crippen LogP contribution in [-0.4, -0.2) is 30.7 Å². The van der Waals surface area contributed by atoms with Crippen LogP contribution in [0.2, 0.25) is 0 Å². The predicted octanol–water partition coefficient (Wildman–Crippen LogP) is 1.41. The fourth-order valence-electron chi connectivity index (χ4n) is 1.40. The number of hydrogen-bond donors (Lipinski definition) is 1. The summed E-state index contributed by atoms with van der Waals surface area (Å²) in [5, 5.41) is 0. The number of carbonyl (C=O) groups excluding carboxylic acids is 2. The maximum absolute atomic E-state index is 11.2. The summed E-state index contributed by atoms with van der Waals surface area (Å²) in [5.41, 5.74) is 6.64. The average molecular weight is 267 g/mol. The van der Waals surface area contributed by atoms with Crippen molar-refractivity contribution in [2.75, 3.05) is 12.9 Å². The smallest absolute Gasteiger partial charge is 0.322 e. The molecule has 0 unspecified atom stereocenters. The van der Waals surface area contributed by atoms with E-state index in [9.17, 15) is 9.59 Å². The molecule has 4 nitrogen and oxygen atoms in total. The second-order valence-corrected chi connectivity index (χ2v) is 5.02. The fraction of sp³-hybridized carbons (Fsp3) is 0.385. The summed E-state index contributed by atoms with van der Waals surface area (Å²) in [6.07, 6.45) is 0.449. The summed E-state index contributed by atoms with van der Waals surface area (Å²) in [7, 11) is 1.32. The zero-order chi connectivity index (χ0) is 13.5. The molecule has 0 aliphatic carbocycles. The zero-order valence-electron chi connectivity index (χ0n) is 10.5. The lowest BCUT2D eigenvalue weighted by atomic mass is 10.1. The van der Waals surface area contributed by atoms with Gasteiger partial charge in [0.2, 0.25) is 0 Å². The first-order chi connectivity index (χ1) is 8.52. The molecule has 0 spiro atoms. The Kier molecular flexibility index (Phi) is 5.88. The van der Waals surface area contributed by atoms with Gasteiger partial charge in [-0.2, -0.15) is 0 Å². The zero-order valence-corrected chi connectivity index (χ0v) is 11.3. The predicted molar refractivity (Wildman–Crippen MR) is 71.5 cm³/mol. The molecule has 0 aliphatic rings. The summed E-state index contributed by atoms with van der Waals surface area (Å²) in [6.45, 7) is 1.57. The number of hydrogen-bond acceptors (Lipinski definition) is 5. The molecule has 0 saturated heterocycles. The molecular weight excluding hydrogens is 250 g/mol. The molecule has 0 saturated carbocycles. The van der Waals surface area contributed by atoms with Crippen LogP contribution < -0.4 is 5.73 Å². The molecule has 18 heavy (non-hydrogen) atoms. The minimum absolute atomic E-state index is 0.150. The molecular formula is C13H17NO3S. The lowest BCUT2D eigenvalue weighted by molar-refractivity contribution is -0.142. The molecule has 0 fully saturated rings. The average Bonchev–Trinajstić information content (AvgIpc) is 2.36. The normalized spacial score (nSPS) is 11.9. The lowest BCUT2D eigenvalue weighted by Crippen LogP contribution is -2.33. The largest absolute Gasteiger partial charge is 0.468 e. The first-order valence-corrected chi connectivity index (χ1v) is 6.56. The number of ether oxygens (including phenoxy) is 1. The number of Topliss-reactive ketones (excluding diaryl/α,β-unsaturated/α-hetero) is 1. The second-order valence-electron chi connectivity index (χ2n) is 3.97. The third-order valence-corrected chi connectivity index (χ3v) is 3.48. The van der Waals surface area contributed by atoms with Gasteiger partial charge in [0, 0.05) is 4.90 Å². The molecule has 1 rings (SSSR count). The van der Waals surface area contributed by atoms with Gasteiger partial charge in [-0.3, -0.25) is 9.59 Å². The van der Waals surface area contributed by atoms with Crippen LogP contribution in [-0.2, 0) is 20.7 Å². The van der Waals surface area contributed by atoms with Crippen LogP contribution in [0.5, 0.6) is 0 Å². The van der Waals surface area contributed by atoms with E-state index in [1.807, 2.05) is 24.3 Å². The minimum atomic E-state index is -0.634. The number of nitrogens with two attached hydrogens (primary N) is 1. The van der Waals surface area contributed by atoms with Crippen molar-refractivity contribution in [2.45, 2.75) is 24.3 Å². The standard InChI is InChI=1S/C13H17NO3S/c1-9(15)8-18-11-5-3-10(4-6-11)7-12(14)13(16)17-2/h3-6,12H,7-8,14H2,1-2H3/t12-/m0/s1. The third kappa shape index (κ3) is 4.89. The second kappa shape index (κ2) is 7.18. The molecule has 1 atom stereocenters. The highest BCUT2D eigenvalue weighted by atomic mass is 32.2. The number of thioether (sulfide) groups is 1. The van der Waals surface area contributed by atoms with Crippen LogP contribution in [0, 0.1) is 0 Å². The molecule has 0 aromatic heterocycles. The Morgan fingerprint density at radius 1 is 1.33 bits per heavy atom. The van der Waals surface area contributed by atoms with Crippen LogP contribution in [0.3, 0.4) is 0 Å². The Labute approximate surface area is 111 Å². The van der Waals surface area contributed by atoms with E-state index in [2.05, 4.69) is 4.74 Å². The number of methoxy groups -OCH3 is 1. The summed E-state index contributed by atoms with van der Waals surface area (Å²) < 4.78 is 4.57. The van der Waals surface area contributed by atoms with Gasteiger partial charge in [0.15, 0.2) is 0 Å². The van der Waals surface area contributed by atoms with Gasteiger partial charge >= 0.3 is 5.97 Å². The van der Waals surface area contributed by atoms with Gasteiger partial charge in [-0.1, -0.05) is 12.1 Å². The van der Waals surface area contributed by atoms with Crippen LogP contribution in [0.15, 0.2) is 29.2 Å². The van der Waals surface area contributed by atoms with Crippen molar-refractivity contribution in [3.63, 3.8) is 0 Å². The Morgan fingerprint density at radius 3 is 2.44 bits per heavy atom. The van der Waals surface area contributed by atoms with Gasteiger partial charge in [-0.05, 0) is 31.0 Å². The van der Waals surface area contributed by atoms with Gasteiger partial charge in [-0.15, -0.1) is 11.8 Å². The highest BCUT2D eigenvalue weighted by Gasteiger charge is 2.13. The molecule has 0 heterocycles. The van der Waals surface area contributed by atoms with Gasteiger partial charge in [-0.25, -0.2) is 0 Å². The van der Waals surface area contributed by atoms with E-state index in [0.717, 1.165) is 10.5 Å². The van der Waals surface area contributed by atoms with Crippen molar-refractivity contribution in [1.29, 1.82) is 0 Å². The highest BCUT2D eigenvalue weighted by Crippen LogP contribution is 2.18. The fourth-order valence-corrected chi connectivity index (χ4v) is 2.09. The summed E-state index contributed by atoms with van der Waals surface area (Å²) >= 11 is 1.49. The molecule has 0 radical (unpaired) electrons. The van der Waals surface area contributed by atoms with E-state index >= 15 is 0 Å². The van der Waals surface area contributed by atoms with Crippen LogP contribution in [0.25, 0.3) is 0 Å². The number of rotatable bonds is 6. The van der Waals surface area contributed by atoms with Crippen molar-refractivity contribution in [2.24, 2.45) is 5.73 Å². The van der Waals surface area contributed by atoms with Gasteiger partial charge < -0.3 is 10.5 Å². The lowest BCUT2D eigenvalue weighted by Gasteiger charge is -2.09. The maximum Gasteiger partial charge on any atom is 0.322 e. The monoisotopic (exact) mass is 267 g/mol. The summed E-state index contributed by atoms with van der Waals surface area (Å²) in [4.78, 5) is 23.0. The van der Waals surface area contributed by atoms with E-state index in [1.165, 1.54) is 18.9 Å². The molecule has 2 N–H and O–H groups in total. The first-order valence-electron chi connectivity index (χ1n) is 5.57. The van der Waals surface area contributed by atoms with Crippen LogP contribution in [0.1, 0.15) is 12.5 Å². The van der Waals surface area contributed by atoms with E-state index in [4.69, 9.17) is 5.73 Å². The van der Waals surface area contributed by atoms with Crippen LogP contribution in [0.4, 0.5) is 0 Å². The SMILES string of the molecule is COC(=O)[C@@H](N)Cc1ccc(SCC(C)=O)cc1.